The van der Waals surface area contributed by atoms with Crippen LogP contribution in [0.3, 0.4) is 0 Å². The smallest absolute Gasteiger partial charge is 0.269 e. The van der Waals surface area contributed by atoms with Crippen LogP contribution in [-0.4, -0.2) is 76.7 Å². The second-order valence-corrected chi connectivity index (χ2v) is 46.2. The van der Waals surface area contributed by atoms with E-state index >= 15 is 0 Å². The van der Waals surface area contributed by atoms with E-state index in [2.05, 4.69) is 272 Å². The third kappa shape index (κ3) is 68.9. The van der Waals surface area contributed by atoms with E-state index in [1.54, 1.807) is 83.5 Å². The number of thiocarbonyl (C=S) groups is 1. The number of nitrogen functional groups attached to an aromatic ring is 1. The summed E-state index contributed by atoms with van der Waals surface area (Å²) in [5.74, 6) is 0.120. The molecule has 4 heterocycles. The van der Waals surface area contributed by atoms with Crippen LogP contribution in [0.2, 0.25) is 0 Å². The molecule has 37 heteroatoms. The fourth-order valence-corrected chi connectivity index (χ4v) is 11.0. The normalized spacial score (nSPS) is 10.6. The number of anilines is 1. The Balaban J connectivity index is -0.000000129. The number of pyridine rings is 1. The van der Waals surface area contributed by atoms with E-state index in [0.29, 0.717) is 39.3 Å². The summed E-state index contributed by atoms with van der Waals surface area (Å²) in [6.07, 6.45) is 9.83. The minimum absolute atomic E-state index is 0. The number of non-ortho nitro benzene ring substituents is 4. The van der Waals surface area contributed by atoms with Crippen molar-refractivity contribution in [3.05, 3.63) is 290 Å². The predicted molar refractivity (Wildman–Crippen MR) is 586 cm³/mol. The van der Waals surface area contributed by atoms with Gasteiger partial charge in [-0.2, -0.15) is 38.2 Å². The number of nitrogens with two attached hydrogens (primary N) is 2. The van der Waals surface area contributed by atoms with Gasteiger partial charge in [0.1, 0.15) is 5.82 Å². The van der Waals surface area contributed by atoms with Crippen molar-refractivity contribution in [2.24, 2.45) is 5.73 Å². The maximum absolute atomic E-state index is 12.1. The van der Waals surface area contributed by atoms with Crippen LogP contribution in [0.15, 0.2) is 191 Å². The first kappa shape index (κ1) is 144. The maximum atomic E-state index is 12.1. The minimum atomic E-state index is -0.570. The molecule has 2 radical (unpaired) electrons. The van der Waals surface area contributed by atoms with Crippen LogP contribution in [0.5, 0.6) is 0 Å². The number of ether oxygens (including phenoxy) is 2. The minimum Gasteiger partial charge on any atom is -0.399 e. The SMILES string of the molecule is C.C.C.C.C.C.C.CC(C#N)c1ccc([N+](=O)[O-])cc1.CC(C(N)=S)c1ccc([N+](=O)[O-])cc1.CC(C)(I)I.CC(I)(I)CI.CC(c1ccc(N)cc1)c1nccs1.CC(c1ccc([N+](=O)[O-])cc1)c1nccs1.CC(c1ccc2nccc(Br)c2c1)c1nccs1.CCC#N.CCOC(CBr)OCC.C[C-](C)I.C[CH-]C.O=[N+]([O-])c1ccc(F)cc1.[V].[V]. The number of nitro benzene ring substituents is 4. The molecular weight excluding hydrogens is 2560 g/mol. The summed E-state index contributed by atoms with van der Waals surface area (Å²) in [4.78, 5) is 57.0. The van der Waals surface area contributed by atoms with Crippen molar-refractivity contribution in [2.45, 2.75) is 201 Å². The van der Waals surface area contributed by atoms with Crippen LogP contribution in [0.1, 0.15) is 235 Å². The standard InChI is InChI=1S/C14H11BrN2S.C11H10N2O2S.C11H12N2S.C9H10N2O2S.C9H8N2O2.C6H13BrO2.C6H4FNO2.C3H5I3.C3H6I2.C3H6I.C3H5N.C3H7.7CH4.2V/c1-9(14-17-6-7-18-14)10-2-3-13-11(8-10)12(15)4-5-16-13;1-8(11-12-6-7-16-11)9-2-4-10(5-3-9)13(14)15;1-8(11-13-6-7-14-11)9-2-4-10(12)5-3-9;1-6(9(10)14)7-2-4-8(5-3-7)11(12)13;1-7(6-10)8-2-4-9(5-3-8)11(12)13;1-3-8-6(5-7)9-4-2;7-5-1-3-6(4-2-5)8(9)10;1-3(5,6)2-4;1-3(2,4)5;1-3(2)4;1-2-3-4;1-3-2;;;;;;;;;/h2-9H,1H3;2-8H,1H3;2-8H,12H2,1H3;2-6H,1H3,(H2,10,14);2-5,7H,1H3;6H,3-5H2,1-2H3;1-4H;2H2,1H3;1-2H3;1-2H3;2H2,1H3;3H,1-2H3;7*1H4;;/q;;;;;;;;;-1;;-1;;;;;;;;;. The Morgan fingerprint density at radius 3 is 1.13 bits per heavy atom. The van der Waals surface area contributed by atoms with Gasteiger partial charge in [-0.1, -0.05) is 298 Å². The molecule has 125 heavy (non-hydrogen) atoms. The topological polar surface area (TPSA) is 342 Å². The Kier molecular flexibility index (Phi) is 96.2. The molecule has 0 saturated heterocycles. The number of halogens is 9. The van der Waals surface area contributed by atoms with Gasteiger partial charge in [-0.05, 0) is 112 Å². The largest absolute Gasteiger partial charge is 0.399 e. The van der Waals surface area contributed by atoms with E-state index in [9.17, 15) is 44.8 Å². The summed E-state index contributed by atoms with van der Waals surface area (Å²) in [6.45, 7) is 31.8. The fraction of sp³-hybridized carbons (Fsp3) is 0.398. The Morgan fingerprint density at radius 1 is 0.576 bits per heavy atom. The summed E-state index contributed by atoms with van der Waals surface area (Å²) in [7, 11) is 0. The number of nitriles is 2. The van der Waals surface area contributed by atoms with Crippen molar-refractivity contribution < 1.29 is 70.7 Å². The number of hydrogen-bond acceptors (Lipinski definition) is 21. The van der Waals surface area contributed by atoms with Gasteiger partial charge in [-0.15, -0.1) is 34.0 Å². The molecule has 0 amide bonds. The fourth-order valence-electron chi connectivity index (χ4n) is 7.92. The van der Waals surface area contributed by atoms with E-state index in [0.717, 1.165) is 82.4 Å². The van der Waals surface area contributed by atoms with E-state index in [4.69, 9.17) is 43.7 Å². The quantitative estimate of drug-likeness (QED) is 0.0111. The van der Waals surface area contributed by atoms with Gasteiger partial charge < -0.3 is 50.0 Å². The molecule has 0 spiro atoms. The second-order valence-electron chi connectivity index (χ2n) is 24.3. The Morgan fingerprint density at radius 2 is 0.864 bits per heavy atom. The average molecular weight is 2680 g/mol. The zero-order valence-electron chi connectivity index (χ0n) is 67.6. The van der Waals surface area contributed by atoms with Crippen LogP contribution < -0.4 is 11.5 Å². The Bertz CT molecular complexity index is 4430. The molecule has 0 aliphatic carbocycles. The molecule has 5 atom stereocenters. The van der Waals surface area contributed by atoms with Crippen LogP contribution in [0.25, 0.3) is 10.9 Å². The van der Waals surface area contributed by atoms with E-state index < -0.39 is 25.5 Å². The number of aromatic nitrogens is 4. The second kappa shape index (κ2) is 83.3. The number of rotatable bonds is 19. The van der Waals surface area contributed by atoms with Crippen molar-refractivity contribution in [2.75, 3.05) is 28.7 Å². The van der Waals surface area contributed by atoms with E-state index in [1.807, 2.05) is 114 Å². The van der Waals surface area contributed by atoms with Crippen LogP contribution in [0.4, 0.5) is 32.8 Å². The summed E-state index contributed by atoms with van der Waals surface area (Å²) < 4.78 is 27.0. The Hall–Kier alpha value is -3.75. The summed E-state index contributed by atoms with van der Waals surface area (Å²) >= 11 is 30.9. The van der Waals surface area contributed by atoms with Crippen molar-refractivity contribution in [3.8, 4) is 12.1 Å². The zero-order valence-corrected chi connectivity index (χ0v) is 89.8. The molecule has 5 unspecified atom stereocenters. The molecule has 0 aliphatic heterocycles. The third-order valence-corrected chi connectivity index (χ3v) is 23.5. The number of nitro groups is 4. The first-order chi connectivity index (χ1) is 54.5. The van der Waals surface area contributed by atoms with Gasteiger partial charge in [-0.25, -0.2) is 19.3 Å². The molecule has 10 aromatic rings. The van der Waals surface area contributed by atoms with Gasteiger partial charge >= 0.3 is 0 Å². The number of alkyl halides is 6. The number of fused-ring (bicyclic) bond motifs is 1. The van der Waals surface area contributed by atoms with E-state index in [-0.39, 0.29) is 136 Å². The molecular formula is C88H125Br2FI6N12O10S4V2-2. The van der Waals surface area contributed by atoms with Gasteiger partial charge in [0.2, 0.25) is 0 Å². The number of nitrogens with zero attached hydrogens (tertiary/aromatic N) is 10. The molecule has 6 aromatic carbocycles. The molecule has 0 bridgehead atoms. The van der Waals surface area contributed by atoms with Crippen LogP contribution in [0, 0.1) is 79.3 Å². The molecule has 696 valence electrons. The monoisotopic (exact) mass is 2680 g/mol. The van der Waals surface area contributed by atoms with Crippen molar-refractivity contribution in [3.63, 3.8) is 0 Å². The number of thiazole rings is 3. The van der Waals surface area contributed by atoms with Gasteiger partial charge in [-0.3, -0.25) is 49.4 Å². The van der Waals surface area contributed by atoms with Crippen LogP contribution >= 0.6 is 214 Å². The molecule has 22 nitrogen and oxygen atoms in total. The molecule has 10 rings (SSSR count). The van der Waals surface area contributed by atoms with Crippen LogP contribution in [-0.2, 0) is 46.6 Å². The number of benzene rings is 6. The summed E-state index contributed by atoms with van der Waals surface area (Å²) in [6, 6.07) is 43.6. The average Bonchev–Trinajstić information content (AvgIpc) is 1.44. The van der Waals surface area contributed by atoms with Crippen molar-refractivity contribution in [1.82, 2.24) is 19.9 Å². The summed E-state index contributed by atoms with van der Waals surface area (Å²) in [5.41, 5.74) is 18.3. The van der Waals surface area contributed by atoms with E-state index in [1.165, 1.54) is 55.9 Å². The molecule has 0 fully saturated rings. The maximum Gasteiger partial charge on any atom is 0.269 e. The summed E-state index contributed by atoms with van der Waals surface area (Å²) in [5, 5.41) is 68.5. The molecule has 0 saturated carbocycles. The third-order valence-electron chi connectivity index (χ3n) is 13.8. The van der Waals surface area contributed by atoms with Gasteiger partial charge in [0.05, 0.1) is 71.5 Å². The molecule has 0 aliphatic rings. The van der Waals surface area contributed by atoms with Crippen molar-refractivity contribution in [1.29, 1.82) is 10.5 Å². The first-order valence-electron chi connectivity index (χ1n) is 35.1. The first-order valence-corrected chi connectivity index (χ1v) is 47.0. The number of hydrogen-bond donors (Lipinski definition) is 2. The molecule has 4 aromatic heterocycles. The van der Waals surface area contributed by atoms with Gasteiger partial charge in [0.15, 0.2) is 6.29 Å². The molecule has 4 N–H and O–H groups in total. The van der Waals surface area contributed by atoms with Crippen molar-refractivity contribution >= 4 is 258 Å². The predicted octanol–water partition coefficient (Wildman–Crippen LogP) is 32.6. The zero-order chi connectivity index (χ0) is 88.7. The Labute approximate surface area is 885 Å². The van der Waals surface area contributed by atoms with Gasteiger partial charge in [0, 0.05) is 190 Å². The van der Waals surface area contributed by atoms with Gasteiger partial charge in [0.25, 0.3) is 22.7 Å².